The average molecular weight is 674 g/mol. The Bertz CT molecular complexity index is 1490. The van der Waals surface area contributed by atoms with Gasteiger partial charge in [0.2, 0.25) is 11.8 Å². The fraction of sp³-hybridized carbons (Fsp3) is 0.467. The van der Waals surface area contributed by atoms with E-state index in [4.69, 9.17) is 19.3 Å². The first-order chi connectivity index (χ1) is 22.2. The van der Waals surface area contributed by atoms with Crippen LogP contribution in [0.5, 0.6) is 11.6 Å². The number of amides is 1. The Morgan fingerprint density at radius 3 is 2.23 bits per heavy atom. The van der Waals surface area contributed by atoms with Gasteiger partial charge < -0.3 is 29.3 Å². The minimum atomic E-state index is -5.07. The smallest absolute Gasteiger partial charge is 0.416 e. The second kappa shape index (κ2) is 14.6. The van der Waals surface area contributed by atoms with Gasteiger partial charge in [-0.3, -0.25) is 4.90 Å². The number of nitrogens with zero attached hydrogens (tertiary/aromatic N) is 5. The Hall–Kier alpha value is -4.38. The topological polar surface area (TPSA) is 130 Å². The lowest BCUT2D eigenvalue weighted by Gasteiger charge is -2.43. The van der Waals surface area contributed by atoms with Crippen LogP contribution in [0.4, 0.5) is 42.8 Å². The summed E-state index contributed by atoms with van der Waals surface area (Å²) in [4.78, 5) is 29.0. The van der Waals surface area contributed by atoms with Crippen molar-refractivity contribution in [3.05, 3.63) is 65.1 Å². The van der Waals surface area contributed by atoms with E-state index in [2.05, 4.69) is 15.0 Å². The van der Waals surface area contributed by atoms with Gasteiger partial charge in [-0.15, -0.1) is 0 Å². The molecule has 0 bridgehead atoms. The van der Waals surface area contributed by atoms with Gasteiger partial charge in [-0.25, -0.2) is 19.7 Å². The van der Waals surface area contributed by atoms with Gasteiger partial charge in [0, 0.05) is 18.7 Å². The molecule has 0 aliphatic carbocycles. The van der Waals surface area contributed by atoms with Crippen LogP contribution < -0.4 is 19.3 Å². The third-order valence-electron chi connectivity index (χ3n) is 7.36. The lowest BCUT2D eigenvalue weighted by atomic mass is 9.92. The summed E-state index contributed by atoms with van der Waals surface area (Å²) in [5.41, 5.74) is -2.79. The Labute approximate surface area is 265 Å². The van der Waals surface area contributed by atoms with Crippen LogP contribution in [0.15, 0.2) is 42.7 Å². The van der Waals surface area contributed by atoms with Crippen LogP contribution in [0, 0.1) is 0 Å². The van der Waals surface area contributed by atoms with E-state index in [0.717, 1.165) is 0 Å². The second-order valence-electron chi connectivity index (χ2n) is 10.5. The molecule has 256 valence electrons. The summed E-state index contributed by atoms with van der Waals surface area (Å²) in [7, 11) is 1.36. The standard InChI is InChI=1S/C30H33F6N5O6/c1-4-20-11-24(26-23(6-7-25(39-26)45-3)41(20)28(44)46-5-2)40(27-37-12-22(13-38-27)47-16-21(43)15-42)14-17-8-18(29(31,32)33)10-19(9-17)30(34,35)36/h6-10,12-13,20-21,24,42-43H,4-5,11,14-16H2,1-3H3/t20-,21?,24?/m1/s1. The molecule has 2 unspecified atom stereocenters. The molecule has 2 N–H and O–H groups in total. The monoisotopic (exact) mass is 673 g/mol. The molecule has 0 saturated carbocycles. The van der Waals surface area contributed by atoms with Gasteiger partial charge in [0.05, 0.1) is 61.3 Å². The van der Waals surface area contributed by atoms with E-state index >= 15 is 0 Å². The van der Waals surface area contributed by atoms with Gasteiger partial charge in [-0.2, -0.15) is 26.3 Å². The number of rotatable bonds is 11. The second-order valence-corrected chi connectivity index (χ2v) is 10.5. The quantitative estimate of drug-likeness (QED) is 0.250. The predicted molar refractivity (Wildman–Crippen MR) is 155 cm³/mol. The molecule has 0 fully saturated rings. The number of anilines is 2. The number of hydrogen-bond donors (Lipinski definition) is 2. The van der Waals surface area contributed by atoms with Crippen molar-refractivity contribution in [3.63, 3.8) is 0 Å². The zero-order valence-electron chi connectivity index (χ0n) is 25.5. The Morgan fingerprint density at radius 1 is 1.06 bits per heavy atom. The van der Waals surface area contributed by atoms with E-state index in [1.54, 1.807) is 13.0 Å². The van der Waals surface area contributed by atoms with Crippen LogP contribution in [0.1, 0.15) is 55.1 Å². The number of fused-ring (bicyclic) bond motifs is 1. The first-order valence-corrected chi connectivity index (χ1v) is 14.5. The molecule has 17 heteroatoms. The van der Waals surface area contributed by atoms with Crippen molar-refractivity contribution in [2.75, 3.05) is 36.7 Å². The molecular weight excluding hydrogens is 640 g/mol. The van der Waals surface area contributed by atoms with Crippen LogP contribution in [-0.2, 0) is 23.6 Å². The summed E-state index contributed by atoms with van der Waals surface area (Å²) in [5, 5.41) is 18.6. The lowest BCUT2D eigenvalue weighted by molar-refractivity contribution is -0.143. The highest BCUT2D eigenvalue weighted by atomic mass is 19.4. The van der Waals surface area contributed by atoms with Crippen LogP contribution in [0.3, 0.4) is 0 Å². The number of carbonyl (C=O) groups excluding carboxylic acids is 1. The highest BCUT2D eigenvalue weighted by Gasteiger charge is 2.42. The van der Waals surface area contributed by atoms with E-state index in [1.807, 2.05) is 6.92 Å². The van der Waals surface area contributed by atoms with Crippen molar-refractivity contribution in [1.82, 2.24) is 15.0 Å². The Balaban J connectivity index is 1.89. The molecule has 1 aliphatic rings. The fourth-order valence-corrected chi connectivity index (χ4v) is 5.15. The molecule has 1 aromatic carbocycles. The first kappa shape index (κ1) is 35.5. The molecule has 3 atom stereocenters. The molecule has 0 saturated heterocycles. The summed E-state index contributed by atoms with van der Waals surface area (Å²) < 4.78 is 98.6. The van der Waals surface area contributed by atoms with E-state index in [1.165, 1.54) is 35.4 Å². The maximum absolute atomic E-state index is 13.8. The molecule has 0 radical (unpaired) electrons. The third kappa shape index (κ3) is 8.32. The zero-order valence-corrected chi connectivity index (χ0v) is 25.5. The van der Waals surface area contributed by atoms with Gasteiger partial charge in [-0.1, -0.05) is 6.92 Å². The van der Waals surface area contributed by atoms with Crippen molar-refractivity contribution < 1.29 is 55.6 Å². The normalized spacial score (nSPS) is 17.1. The van der Waals surface area contributed by atoms with Gasteiger partial charge in [0.15, 0.2) is 5.75 Å². The molecule has 1 amide bonds. The maximum Gasteiger partial charge on any atom is 0.416 e. The third-order valence-corrected chi connectivity index (χ3v) is 7.36. The molecule has 3 aromatic rings. The minimum Gasteiger partial charge on any atom is -0.488 e. The number of pyridine rings is 1. The van der Waals surface area contributed by atoms with Crippen LogP contribution >= 0.6 is 0 Å². The molecular formula is C30H33F6N5O6. The fourth-order valence-electron chi connectivity index (χ4n) is 5.15. The number of methoxy groups -OCH3 is 1. The molecule has 1 aliphatic heterocycles. The number of ether oxygens (including phenoxy) is 3. The summed E-state index contributed by atoms with van der Waals surface area (Å²) in [6.45, 7) is 2.13. The number of alkyl halides is 6. The Kier molecular flexibility index (Phi) is 11.0. The summed E-state index contributed by atoms with van der Waals surface area (Å²) >= 11 is 0. The lowest BCUT2D eigenvalue weighted by Crippen LogP contribution is -2.48. The van der Waals surface area contributed by atoms with Gasteiger partial charge >= 0.3 is 18.4 Å². The summed E-state index contributed by atoms with van der Waals surface area (Å²) in [6.07, 6.45) is -9.08. The van der Waals surface area contributed by atoms with E-state index < -0.39 is 60.9 Å². The number of aliphatic hydroxyl groups is 2. The van der Waals surface area contributed by atoms with Crippen molar-refractivity contribution in [2.24, 2.45) is 0 Å². The van der Waals surface area contributed by atoms with Crippen molar-refractivity contribution >= 4 is 17.7 Å². The number of aliphatic hydroxyl groups excluding tert-OH is 2. The minimum absolute atomic E-state index is 0.0456. The van der Waals surface area contributed by atoms with Crippen molar-refractivity contribution in [3.8, 4) is 11.6 Å². The van der Waals surface area contributed by atoms with Gasteiger partial charge in [-0.05, 0) is 49.6 Å². The number of halogens is 6. The highest BCUT2D eigenvalue weighted by molar-refractivity contribution is 5.90. The largest absolute Gasteiger partial charge is 0.488 e. The molecule has 4 rings (SSSR count). The van der Waals surface area contributed by atoms with Gasteiger partial charge in [0.25, 0.3) is 0 Å². The predicted octanol–water partition coefficient (Wildman–Crippen LogP) is 5.54. The van der Waals surface area contributed by atoms with E-state index in [0.29, 0.717) is 24.2 Å². The first-order valence-electron chi connectivity index (χ1n) is 14.5. The summed E-state index contributed by atoms with van der Waals surface area (Å²) in [6, 6.07) is 2.96. The molecule has 2 aromatic heterocycles. The number of aromatic nitrogens is 3. The zero-order chi connectivity index (χ0) is 34.5. The number of benzene rings is 1. The van der Waals surface area contributed by atoms with Crippen LogP contribution in [-0.4, -0.2) is 70.3 Å². The van der Waals surface area contributed by atoms with E-state index in [9.17, 15) is 36.2 Å². The molecule has 11 nitrogen and oxygen atoms in total. The van der Waals surface area contributed by atoms with Crippen molar-refractivity contribution in [2.45, 2.75) is 63.8 Å². The molecule has 47 heavy (non-hydrogen) atoms. The highest BCUT2D eigenvalue weighted by Crippen LogP contribution is 2.44. The maximum atomic E-state index is 13.8. The van der Waals surface area contributed by atoms with Gasteiger partial charge in [0.1, 0.15) is 12.7 Å². The Morgan fingerprint density at radius 2 is 1.70 bits per heavy atom. The van der Waals surface area contributed by atoms with Crippen molar-refractivity contribution in [1.29, 1.82) is 0 Å². The average Bonchev–Trinajstić information content (AvgIpc) is 3.04. The number of hydrogen-bond acceptors (Lipinski definition) is 10. The van der Waals surface area contributed by atoms with Crippen LogP contribution in [0.25, 0.3) is 0 Å². The summed E-state index contributed by atoms with van der Waals surface area (Å²) in [5.74, 6) is 0.104. The SMILES string of the molecule is CCOC(=O)N1c2ccc(OC)nc2C(N(Cc2cc(C(F)(F)F)cc(C(F)(F)F)c2)c2ncc(OCC(O)CO)cn2)C[C@H]1CC. The molecule has 0 spiro atoms. The number of carbonyl (C=O) groups is 1. The molecule has 3 heterocycles. The van der Waals surface area contributed by atoms with Crippen LogP contribution in [0.2, 0.25) is 0 Å². The van der Waals surface area contributed by atoms with E-state index in [-0.39, 0.29) is 54.5 Å².